The van der Waals surface area contributed by atoms with Crippen molar-refractivity contribution in [3.05, 3.63) is 78.4 Å². The zero-order chi connectivity index (χ0) is 25.4. The van der Waals surface area contributed by atoms with E-state index in [1.54, 1.807) is 32.4 Å². The van der Waals surface area contributed by atoms with E-state index < -0.39 is 5.25 Å². The highest BCUT2D eigenvalue weighted by atomic mass is 32.2. The molecule has 0 saturated carbocycles. The molecule has 0 aliphatic carbocycles. The van der Waals surface area contributed by atoms with Crippen molar-refractivity contribution in [3.63, 3.8) is 0 Å². The van der Waals surface area contributed by atoms with E-state index in [-0.39, 0.29) is 17.2 Å². The van der Waals surface area contributed by atoms with Gasteiger partial charge in [0.2, 0.25) is 11.8 Å². The molecule has 0 heterocycles. The van der Waals surface area contributed by atoms with Gasteiger partial charge in [0, 0.05) is 40.9 Å². The van der Waals surface area contributed by atoms with Crippen molar-refractivity contribution >= 4 is 35.0 Å². The number of hydrogen-bond acceptors (Lipinski definition) is 5. The molecule has 0 spiro atoms. The van der Waals surface area contributed by atoms with Crippen molar-refractivity contribution in [2.24, 2.45) is 5.41 Å². The summed E-state index contributed by atoms with van der Waals surface area (Å²) in [6.45, 7) is 6.09. The van der Waals surface area contributed by atoms with Crippen LogP contribution in [0.15, 0.2) is 77.7 Å². The van der Waals surface area contributed by atoms with Gasteiger partial charge >= 0.3 is 0 Å². The van der Waals surface area contributed by atoms with E-state index >= 15 is 0 Å². The lowest BCUT2D eigenvalue weighted by Crippen LogP contribution is -2.19. The van der Waals surface area contributed by atoms with Crippen molar-refractivity contribution in [3.8, 4) is 11.5 Å². The Bertz CT molecular complexity index is 1120. The van der Waals surface area contributed by atoms with Crippen LogP contribution >= 0.6 is 11.8 Å². The van der Waals surface area contributed by atoms with Gasteiger partial charge in [-0.3, -0.25) is 9.59 Å². The highest BCUT2D eigenvalue weighted by molar-refractivity contribution is 8.00. The molecule has 2 amide bonds. The van der Waals surface area contributed by atoms with Gasteiger partial charge in [-0.1, -0.05) is 51.1 Å². The summed E-state index contributed by atoms with van der Waals surface area (Å²) in [5.74, 6) is 0.993. The highest BCUT2D eigenvalue weighted by Crippen LogP contribution is 2.37. The van der Waals surface area contributed by atoms with Crippen molar-refractivity contribution in [2.45, 2.75) is 37.3 Å². The molecule has 1 unspecified atom stereocenters. The van der Waals surface area contributed by atoms with Gasteiger partial charge in [-0.2, -0.15) is 0 Å². The summed E-state index contributed by atoms with van der Waals surface area (Å²) in [5.41, 5.74) is 2.12. The Hall–Kier alpha value is -3.45. The molecular formula is C28H32N2O4S. The average Bonchev–Trinajstić information content (AvgIpc) is 2.82. The summed E-state index contributed by atoms with van der Waals surface area (Å²) in [5, 5.41) is 5.44. The van der Waals surface area contributed by atoms with E-state index in [1.165, 1.54) is 11.8 Å². The Morgan fingerprint density at radius 3 is 1.97 bits per heavy atom. The summed E-state index contributed by atoms with van der Waals surface area (Å²) in [7, 11) is 3.14. The van der Waals surface area contributed by atoms with Crippen LogP contribution in [0.3, 0.4) is 0 Å². The standard InChI is InChI=1S/C28H32N2O4S/c1-28(2,3)18-25(31)29-20-11-13-24(14-12-20)35-26(19-9-7-6-8-10-19)27(32)30-21-15-22(33-4)17-23(16-21)34-5/h6-17,26H,18H2,1-5H3,(H,29,31)(H,30,32). The predicted molar refractivity (Wildman–Crippen MR) is 142 cm³/mol. The Morgan fingerprint density at radius 1 is 0.829 bits per heavy atom. The van der Waals surface area contributed by atoms with Crippen LogP contribution in [0.25, 0.3) is 0 Å². The molecule has 0 fully saturated rings. The Kier molecular flexibility index (Phi) is 8.82. The number of nitrogens with one attached hydrogen (secondary N) is 2. The minimum Gasteiger partial charge on any atom is -0.497 e. The molecule has 0 aliphatic heterocycles. The first-order valence-corrected chi connectivity index (χ1v) is 12.2. The van der Waals surface area contributed by atoms with Crippen LogP contribution in [-0.2, 0) is 9.59 Å². The van der Waals surface area contributed by atoms with Gasteiger partial charge in [-0.15, -0.1) is 11.8 Å². The topological polar surface area (TPSA) is 76.7 Å². The van der Waals surface area contributed by atoms with Gasteiger partial charge < -0.3 is 20.1 Å². The molecule has 3 aromatic carbocycles. The third-order valence-corrected chi connectivity index (χ3v) is 6.31. The average molecular weight is 493 g/mol. The van der Waals surface area contributed by atoms with Crippen molar-refractivity contribution in [1.29, 1.82) is 0 Å². The fourth-order valence-electron chi connectivity index (χ4n) is 3.43. The number of ether oxygens (including phenoxy) is 2. The molecule has 6 nitrogen and oxygen atoms in total. The van der Waals surface area contributed by atoms with Crippen molar-refractivity contribution in [1.82, 2.24) is 0 Å². The Labute approximate surface area is 211 Å². The van der Waals surface area contributed by atoms with Crippen LogP contribution in [0.1, 0.15) is 38.0 Å². The number of anilines is 2. The molecule has 0 aromatic heterocycles. The lowest BCUT2D eigenvalue weighted by Gasteiger charge is -2.19. The fourth-order valence-corrected chi connectivity index (χ4v) is 4.45. The summed E-state index contributed by atoms with van der Waals surface area (Å²) >= 11 is 1.44. The quantitative estimate of drug-likeness (QED) is 0.331. The lowest BCUT2D eigenvalue weighted by molar-refractivity contribution is -0.118. The molecule has 184 valence electrons. The van der Waals surface area contributed by atoms with E-state index in [2.05, 4.69) is 10.6 Å². The van der Waals surface area contributed by atoms with Gasteiger partial charge in [0.25, 0.3) is 0 Å². The van der Waals surface area contributed by atoms with Crippen LogP contribution in [-0.4, -0.2) is 26.0 Å². The molecule has 7 heteroatoms. The van der Waals surface area contributed by atoms with Crippen LogP contribution in [0.4, 0.5) is 11.4 Å². The van der Waals surface area contributed by atoms with Gasteiger partial charge in [0.1, 0.15) is 16.7 Å². The second-order valence-electron chi connectivity index (χ2n) is 9.31. The number of methoxy groups -OCH3 is 2. The molecule has 0 bridgehead atoms. The molecule has 3 rings (SSSR count). The molecule has 35 heavy (non-hydrogen) atoms. The number of amides is 2. The van der Waals surface area contributed by atoms with Crippen LogP contribution in [0, 0.1) is 5.41 Å². The number of hydrogen-bond donors (Lipinski definition) is 2. The molecule has 2 N–H and O–H groups in total. The summed E-state index contributed by atoms with van der Waals surface area (Å²) in [4.78, 5) is 26.5. The van der Waals surface area contributed by atoms with Gasteiger partial charge in [-0.25, -0.2) is 0 Å². The maximum atomic E-state index is 13.4. The largest absolute Gasteiger partial charge is 0.497 e. The lowest BCUT2D eigenvalue weighted by atomic mass is 9.92. The molecule has 1 atom stereocenters. The zero-order valence-corrected chi connectivity index (χ0v) is 21.6. The second-order valence-corrected chi connectivity index (χ2v) is 10.5. The molecule has 0 saturated heterocycles. The minimum absolute atomic E-state index is 0.0202. The first-order valence-electron chi connectivity index (χ1n) is 11.3. The maximum Gasteiger partial charge on any atom is 0.242 e. The number of benzene rings is 3. The van der Waals surface area contributed by atoms with E-state index in [0.29, 0.717) is 23.6 Å². The second kappa shape index (κ2) is 11.8. The predicted octanol–water partition coefficient (Wildman–Crippen LogP) is 6.55. The van der Waals surface area contributed by atoms with Crippen LogP contribution < -0.4 is 20.1 Å². The summed E-state index contributed by atoms with van der Waals surface area (Å²) in [6, 6.07) is 22.4. The number of rotatable bonds is 9. The van der Waals surface area contributed by atoms with Gasteiger partial charge in [-0.05, 0) is 35.2 Å². The minimum atomic E-state index is -0.491. The van der Waals surface area contributed by atoms with Crippen LogP contribution in [0.2, 0.25) is 0 Å². The maximum absolute atomic E-state index is 13.4. The van der Waals surface area contributed by atoms with Gasteiger partial charge in [0.05, 0.1) is 14.2 Å². The third-order valence-electron chi connectivity index (χ3n) is 5.04. The van der Waals surface area contributed by atoms with Crippen molar-refractivity contribution < 1.29 is 19.1 Å². The zero-order valence-electron chi connectivity index (χ0n) is 20.8. The fraction of sp³-hybridized carbons (Fsp3) is 0.286. The number of carbonyl (C=O) groups excluding carboxylic acids is 2. The van der Waals surface area contributed by atoms with E-state index in [0.717, 1.165) is 16.1 Å². The van der Waals surface area contributed by atoms with Gasteiger partial charge in [0.15, 0.2) is 0 Å². The summed E-state index contributed by atoms with van der Waals surface area (Å²) < 4.78 is 10.6. The molecule has 0 radical (unpaired) electrons. The SMILES string of the molecule is COc1cc(NC(=O)C(Sc2ccc(NC(=O)CC(C)(C)C)cc2)c2ccccc2)cc(OC)c1. The summed E-state index contributed by atoms with van der Waals surface area (Å²) in [6.07, 6.45) is 0.439. The van der Waals surface area contributed by atoms with Crippen LogP contribution in [0.5, 0.6) is 11.5 Å². The molecular weight excluding hydrogens is 460 g/mol. The smallest absolute Gasteiger partial charge is 0.242 e. The first-order chi connectivity index (χ1) is 16.7. The molecule has 3 aromatic rings. The normalized spacial score (nSPS) is 11.9. The monoisotopic (exact) mass is 492 g/mol. The third kappa shape index (κ3) is 8.07. The molecule has 0 aliphatic rings. The first kappa shape index (κ1) is 26.2. The van der Waals surface area contributed by atoms with E-state index in [1.807, 2.05) is 75.4 Å². The highest BCUT2D eigenvalue weighted by Gasteiger charge is 2.23. The van der Waals surface area contributed by atoms with E-state index in [9.17, 15) is 9.59 Å². The number of thioether (sulfide) groups is 1. The Balaban J connectivity index is 1.77. The van der Waals surface area contributed by atoms with E-state index in [4.69, 9.17) is 9.47 Å². The Morgan fingerprint density at radius 2 is 1.43 bits per heavy atom. The van der Waals surface area contributed by atoms with Crippen molar-refractivity contribution in [2.75, 3.05) is 24.9 Å². The number of carbonyl (C=O) groups is 2.